The molecule has 1 aliphatic carbocycles. The maximum absolute atomic E-state index is 5.72. The zero-order valence-electron chi connectivity index (χ0n) is 15.2. The molecule has 0 radical (unpaired) electrons. The normalized spacial score (nSPS) is 22.5. The largest absolute Gasteiger partial charge is 0.376 e. The van der Waals surface area contributed by atoms with E-state index in [4.69, 9.17) is 14.8 Å². The van der Waals surface area contributed by atoms with E-state index in [1.54, 1.807) is 11.3 Å². The minimum atomic E-state index is 0.271. The van der Waals surface area contributed by atoms with Crippen molar-refractivity contribution in [2.75, 3.05) is 13.2 Å². The van der Waals surface area contributed by atoms with Gasteiger partial charge in [0, 0.05) is 23.8 Å². The van der Waals surface area contributed by atoms with Crippen molar-refractivity contribution in [3.05, 3.63) is 40.5 Å². The molecule has 2 aromatic rings. The van der Waals surface area contributed by atoms with E-state index in [0.717, 1.165) is 36.5 Å². The highest BCUT2D eigenvalue weighted by Crippen LogP contribution is 2.23. The monoisotopic (exact) mass is 369 g/mol. The summed E-state index contributed by atoms with van der Waals surface area (Å²) in [5.74, 6) is 0.603. The standard InChI is InChI=1S/C21H27N3OS/c1-3-8-17(9-4-1)14-23-24-20(18-10-5-2-6-11-18)16-26-21(24)22-15-19-12-7-13-25-19/h2,5-6,10-11,14,16-17,19H,1,3-4,7-9,12-13,15H2/b22-21?,23-14-/t19-/m0/s1. The Bertz CT molecular complexity index is 781. The van der Waals surface area contributed by atoms with Crippen LogP contribution in [0.2, 0.25) is 0 Å². The Morgan fingerprint density at radius 3 is 2.69 bits per heavy atom. The quantitative estimate of drug-likeness (QED) is 0.704. The van der Waals surface area contributed by atoms with E-state index in [9.17, 15) is 0 Å². The molecule has 0 unspecified atom stereocenters. The fraction of sp³-hybridized carbons (Fsp3) is 0.524. The molecule has 1 atom stereocenters. The van der Waals surface area contributed by atoms with Crippen LogP contribution in [0.15, 0.2) is 45.8 Å². The predicted octanol–water partition coefficient (Wildman–Crippen LogP) is 4.71. The molecule has 1 saturated carbocycles. The topological polar surface area (TPSA) is 38.9 Å². The third-order valence-corrected chi connectivity index (χ3v) is 6.11. The molecule has 1 aliphatic heterocycles. The van der Waals surface area contributed by atoms with Gasteiger partial charge in [-0.1, -0.05) is 49.6 Å². The molecule has 0 spiro atoms. The first-order valence-corrected chi connectivity index (χ1v) is 10.7. The molecule has 1 saturated heterocycles. The third kappa shape index (κ3) is 4.33. The smallest absolute Gasteiger partial charge is 0.206 e. The van der Waals surface area contributed by atoms with Gasteiger partial charge in [0.05, 0.1) is 18.3 Å². The Kier molecular flexibility index (Phi) is 5.97. The summed E-state index contributed by atoms with van der Waals surface area (Å²) in [4.78, 5) is 5.81. The maximum Gasteiger partial charge on any atom is 0.206 e. The van der Waals surface area contributed by atoms with Gasteiger partial charge >= 0.3 is 0 Å². The van der Waals surface area contributed by atoms with Crippen LogP contribution in [0, 0.1) is 5.92 Å². The number of benzene rings is 1. The van der Waals surface area contributed by atoms with Crippen LogP contribution in [0.5, 0.6) is 0 Å². The Hall–Kier alpha value is -1.72. The van der Waals surface area contributed by atoms with Crippen LogP contribution in [0.4, 0.5) is 0 Å². The van der Waals surface area contributed by atoms with Gasteiger partial charge in [0.2, 0.25) is 4.80 Å². The van der Waals surface area contributed by atoms with Crippen LogP contribution in [-0.2, 0) is 4.74 Å². The Morgan fingerprint density at radius 2 is 1.92 bits per heavy atom. The van der Waals surface area contributed by atoms with E-state index < -0.39 is 0 Å². The molecule has 1 aromatic heterocycles. The van der Waals surface area contributed by atoms with Crippen molar-refractivity contribution in [1.82, 2.24) is 4.68 Å². The summed E-state index contributed by atoms with van der Waals surface area (Å²) < 4.78 is 7.76. The first-order chi connectivity index (χ1) is 12.9. The molecule has 4 nitrogen and oxygen atoms in total. The van der Waals surface area contributed by atoms with Crippen molar-refractivity contribution < 1.29 is 4.74 Å². The summed E-state index contributed by atoms with van der Waals surface area (Å²) in [5, 5.41) is 7.05. The summed E-state index contributed by atoms with van der Waals surface area (Å²) in [6, 6.07) is 10.5. The zero-order valence-corrected chi connectivity index (χ0v) is 16.0. The summed E-state index contributed by atoms with van der Waals surface area (Å²) in [5.41, 5.74) is 2.30. The maximum atomic E-state index is 5.72. The summed E-state index contributed by atoms with van der Waals surface area (Å²) >= 11 is 1.67. The van der Waals surface area contributed by atoms with Crippen LogP contribution in [-0.4, -0.2) is 30.1 Å². The summed E-state index contributed by atoms with van der Waals surface area (Å²) in [7, 11) is 0. The molecule has 2 fully saturated rings. The lowest BCUT2D eigenvalue weighted by atomic mass is 9.90. The minimum Gasteiger partial charge on any atom is -0.376 e. The molecule has 5 heteroatoms. The number of hydrogen-bond acceptors (Lipinski definition) is 4. The predicted molar refractivity (Wildman–Crippen MR) is 108 cm³/mol. The fourth-order valence-corrected chi connectivity index (χ4v) is 4.59. The highest BCUT2D eigenvalue weighted by atomic mass is 32.1. The molecule has 0 bridgehead atoms. The Morgan fingerprint density at radius 1 is 1.08 bits per heavy atom. The third-order valence-electron chi connectivity index (χ3n) is 5.25. The number of hydrogen-bond donors (Lipinski definition) is 0. The second-order valence-electron chi connectivity index (χ2n) is 7.22. The minimum absolute atomic E-state index is 0.271. The lowest BCUT2D eigenvalue weighted by molar-refractivity contribution is 0.117. The molecule has 0 amide bonds. The molecule has 4 rings (SSSR count). The molecule has 1 aromatic carbocycles. The van der Waals surface area contributed by atoms with Crippen LogP contribution in [0.3, 0.4) is 0 Å². The molecule has 0 N–H and O–H groups in total. The van der Waals surface area contributed by atoms with Crippen LogP contribution in [0.25, 0.3) is 11.3 Å². The van der Waals surface area contributed by atoms with Crippen molar-refractivity contribution in [2.45, 2.75) is 51.0 Å². The molecule has 26 heavy (non-hydrogen) atoms. The van der Waals surface area contributed by atoms with E-state index in [-0.39, 0.29) is 6.10 Å². The molecule has 138 valence electrons. The van der Waals surface area contributed by atoms with Crippen molar-refractivity contribution in [3.8, 4) is 11.3 Å². The number of aromatic nitrogens is 1. The lowest BCUT2D eigenvalue weighted by Gasteiger charge is -2.17. The Labute approximate surface area is 159 Å². The number of rotatable bonds is 5. The van der Waals surface area contributed by atoms with Gasteiger partial charge in [-0.15, -0.1) is 11.3 Å². The SMILES string of the molecule is C(=N/n1c(-c2ccccc2)csc1=NC[C@@H]1CCCO1)/C1CCCCC1. The van der Waals surface area contributed by atoms with Gasteiger partial charge in [-0.2, -0.15) is 5.10 Å². The van der Waals surface area contributed by atoms with E-state index in [0.29, 0.717) is 5.92 Å². The number of thiazole rings is 1. The average Bonchev–Trinajstić information content (AvgIpc) is 3.36. The summed E-state index contributed by atoms with van der Waals surface area (Å²) in [6.45, 7) is 1.60. The van der Waals surface area contributed by atoms with Gasteiger partial charge in [0.1, 0.15) is 0 Å². The van der Waals surface area contributed by atoms with Crippen LogP contribution < -0.4 is 4.80 Å². The van der Waals surface area contributed by atoms with E-state index in [1.165, 1.54) is 37.7 Å². The fourth-order valence-electron chi connectivity index (χ4n) is 3.74. The van der Waals surface area contributed by atoms with Crippen molar-refractivity contribution >= 4 is 17.6 Å². The van der Waals surface area contributed by atoms with Crippen molar-refractivity contribution in [1.29, 1.82) is 0 Å². The van der Waals surface area contributed by atoms with E-state index in [2.05, 4.69) is 35.9 Å². The van der Waals surface area contributed by atoms with Crippen molar-refractivity contribution in [3.63, 3.8) is 0 Å². The first kappa shape index (κ1) is 17.7. The van der Waals surface area contributed by atoms with E-state index >= 15 is 0 Å². The second-order valence-corrected chi connectivity index (χ2v) is 8.06. The van der Waals surface area contributed by atoms with Crippen molar-refractivity contribution in [2.24, 2.45) is 16.0 Å². The van der Waals surface area contributed by atoms with Crippen LogP contribution >= 0.6 is 11.3 Å². The van der Waals surface area contributed by atoms with Gasteiger partial charge in [-0.3, -0.25) is 4.99 Å². The first-order valence-electron chi connectivity index (χ1n) is 9.83. The number of nitrogens with zero attached hydrogens (tertiary/aromatic N) is 3. The molecular formula is C21H27N3OS. The molecule has 2 aliphatic rings. The highest BCUT2D eigenvalue weighted by molar-refractivity contribution is 7.07. The van der Waals surface area contributed by atoms with Gasteiger partial charge in [0.15, 0.2) is 0 Å². The van der Waals surface area contributed by atoms with E-state index in [1.807, 2.05) is 10.7 Å². The molecular weight excluding hydrogens is 342 g/mol. The molecule has 2 heterocycles. The van der Waals surface area contributed by atoms with Gasteiger partial charge < -0.3 is 4.74 Å². The van der Waals surface area contributed by atoms with Crippen LogP contribution in [0.1, 0.15) is 44.9 Å². The Balaban J connectivity index is 1.63. The van der Waals surface area contributed by atoms with Gasteiger partial charge in [-0.25, -0.2) is 4.68 Å². The zero-order chi connectivity index (χ0) is 17.6. The highest BCUT2D eigenvalue weighted by Gasteiger charge is 2.15. The second kappa shape index (κ2) is 8.78. The number of ether oxygens (including phenoxy) is 1. The van der Waals surface area contributed by atoms with Gasteiger partial charge in [0.25, 0.3) is 0 Å². The lowest BCUT2D eigenvalue weighted by Crippen LogP contribution is -2.18. The summed E-state index contributed by atoms with van der Waals surface area (Å²) in [6.07, 6.45) is 11.2. The average molecular weight is 370 g/mol. The van der Waals surface area contributed by atoms with Gasteiger partial charge in [-0.05, 0) is 31.6 Å².